The van der Waals surface area contributed by atoms with Gasteiger partial charge >= 0.3 is 0 Å². The second-order valence-corrected chi connectivity index (χ2v) is 6.86. The van der Waals surface area contributed by atoms with Crippen molar-refractivity contribution in [3.8, 4) is 22.8 Å². The van der Waals surface area contributed by atoms with E-state index in [0.29, 0.717) is 35.2 Å². The van der Waals surface area contributed by atoms with E-state index in [-0.39, 0.29) is 5.91 Å². The van der Waals surface area contributed by atoms with E-state index in [4.69, 9.17) is 4.42 Å². The number of aromatic nitrogens is 1. The summed E-state index contributed by atoms with van der Waals surface area (Å²) in [6, 6.07) is 17.3. The van der Waals surface area contributed by atoms with Crippen LogP contribution in [0.5, 0.6) is 0 Å². The van der Waals surface area contributed by atoms with Crippen molar-refractivity contribution >= 4 is 5.91 Å². The molecule has 1 unspecified atom stereocenters. The van der Waals surface area contributed by atoms with E-state index in [1.54, 1.807) is 6.20 Å². The lowest BCUT2D eigenvalue weighted by Gasteiger charge is -2.23. The molecule has 1 saturated heterocycles. The number of nitrogens with zero attached hydrogens (tertiary/aromatic N) is 1. The summed E-state index contributed by atoms with van der Waals surface area (Å²) >= 11 is 0. The maximum absolute atomic E-state index is 12.8. The summed E-state index contributed by atoms with van der Waals surface area (Å²) in [5.74, 6) is 1.55. The van der Waals surface area contributed by atoms with Crippen molar-refractivity contribution in [3.63, 3.8) is 0 Å². The number of carbonyl (C=O) groups excluding carboxylic acids is 1. The maximum Gasteiger partial charge on any atom is 0.252 e. The Morgan fingerprint density at radius 1 is 1.15 bits per heavy atom. The number of hydrogen-bond acceptors (Lipinski definition) is 4. The monoisotopic (exact) mass is 361 g/mol. The first-order valence-electron chi connectivity index (χ1n) is 9.41. The quantitative estimate of drug-likeness (QED) is 0.726. The van der Waals surface area contributed by atoms with Gasteiger partial charge in [0.05, 0.1) is 11.8 Å². The number of benzene rings is 2. The molecule has 0 bridgehead atoms. The van der Waals surface area contributed by atoms with E-state index < -0.39 is 0 Å². The Bertz CT molecular complexity index is 899. The topological polar surface area (TPSA) is 67.2 Å². The average molecular weight is 361 g/mol. The molecular formula is C22H23N3O2. The van der Waals surface area contributed by atoms with E-state index >= 15 is 0 Å². The Morgan fingerprint density at radius 2 is 1.96 bits per heavy atom. The summed E-state index contributed by atoms with van der Waals surface area (Å²) in [6.07, 6.45) is 4.01. The van der Waals surface area contributed by atoms with Gasteiger partial charge in [-0.2, -0.15) is 0 Å². The number of piperidine rings is 1. The van der Waals surface area contributed by atoms with Crippen molar-refractivity contribution in [2.45, 2.75) is 12.8 Å². The van der Waals surface area contributed by atoms with E-state index in [1.807, 2.05) is 54.6 Å². The van der Waals surface area contributed by atoms with Gasteiger partial charge in [-0.1, -0.05) is 42.5 Å². The predicted octanol–water partition coefficient (Wildman–Crippen LogP) is 3.74. The molecule has 138 valence electrons. The second kappa shape index (κ2) is 8.18. The molecule has 4 rings (SSSR count). The number of amides is 1. The molecular weight excluding hydrogens is 338 g/mol. The minimum Gasteiger partial charge on any atom is -0.436 e. The summed E-state index contributed by atoms with van der Waals surface area (Å²) < 4.78 is 5.94. The highest BCUT2D eigenvalue weighted by molar-refractivity contribution is 6.00. The number of rotatable bonds is 5. The van der Waals surface area contributed by atoms with E-state index in [9.17, 15) is 4.79 Å². The van der Waals surface area contributed by atoms with Crippen molar-refractivity contribution in [1.29, 1.82) is 0 Å². The highest BCUT2D eigenvalue weighted by Gasteiger charge is 2.19. The molecule has 1 atom stereocenters. The highest BCUT2D eigenvalue weighted by atomic mass is 16.4. The highest BCUT2D eigenvalue weighted by Crippen LogP contribution is 2.28. The van der Waals surface area contributed by atoms with Crippen molar-refractivity contribution in [1.82, 2.24) is 15.6 Å². The fourth-order valence-electron chi connectivity index (χ4n) is 3.43. The van der Waals surface area contributed by atoms with Crippen LogP contribution in [0.1, 0.15) is 23.2 Å². The average Bonchev–Trinajstić information content (AvgIpc) is 3.23. The Hall–Kier alpha value is -2.92. The molecule has 1 aliphatic heterocycles. The van der Waals surface area contributed by atoms with Gasteiger partial charge < -0.3 is 15.1 Å². The number of nitrogens with one attached hydrogen (secondary N) is 2. The Morgan fingerprint density at radius 3 is 2.78 bits per heavy atom. The van der Waals surface area contributed by atoms with Crippen LogP contribution in [-0.4, -0.2) is 30.5 Å². The molecule has 1 aliphatic rings. The van der Waals surface area contributed by atoms with Crippen molar-refractivity contribution < 1.29 is 9.21 Å². The third kappa shape index (κ3) is 4.09. The fraction of sp³-hybridized carbons (Fsp3) is 0.273. The zero-order chi connectivity index (χ0) is 18.5. The molecule has 0 aliphatic carbocycles. The van der Waals surface area contributed by atoms with Crippen LogP contribution < -0.4 is 10.6 Å². The first-order valence-corrected chi connectivity index (χ1v) is 9.41. The standard InChI is InChI=1S/C22H23N3O2/c26-21(24-14-16-7-6-12-23-13-16)18-10-4-5-11-19(18)22-25-15-20(27-22)17-8-2-1-3-9-17/h1-5,8-11,15-16,23H,6-7,12-14H2,(H,24,26). The maximum atomic E-state index is 12.8. The lowest BCUT2D eigenvalue weighted by Crippen LogP contribution is -2.38. The number of oxazole rings is 1. The zero-order valence-corrected chi connectivity index (χ0v) is 15.2. The number of hydrogen-bond donors (Lipinski definition) is 2. The van der Waals surface area contributed by atoms with Crippen molar-refractivity contribution in [2.75, 3.05) is 19.6 Å². The molecule has 2 aromatic carbocycles. The van der Waals surface area contributed by atoms with Gasteiger partial charge in [0.25, 0.3) is 5.91 Å². The molecule has 2 N–H and O–H groups in total. The van der Waals surface area contributed by atoms with Gasteiger partial charge in [0.2, 0.25) is 5.89 Å². The van der Waals surface area contributed by atoms with Crippen molar-refractivity contribution in [3.05, 3.63) is 66.4 Å². The van der Waals surface area contributed by atoms with Crippen LogP contribution in [0, 0.1) is 5.92 Å². The van der Waals surface area contributed by atoms with Gasteiger partial charge in [0.1, 0.15) is 0 Å². The lowest BCUT2D eigenvalue weighted by molar-refractivity contribution is 0.0945. The molecule has 0 radical (unpaired) electrons. The lowest BCUT2D eigenvalue weighted by atomic mass is 9.99. The minimum absolute atomic E-state index is 0.0874. The zero-order valence-electron chi connectivity index (χ0n) is 15.2. The summed E-state index contributed by atoms with van der Waals surface area (Å²) in [5, 5.41) is 6.45. The summed E-state index contributed by atoms with van der Waals surface area (Å²) in [5.41, 5.74) is 2.25. The smallest absolute Gasteiger partial charge is 0.252 e. The third-order valence-electron chi connectivity index (χ3n) is 4.92. The van der Waals surface area contributed by atoms with Crippen LogP contribution in [0.15, 0.2) is 65.2 Å². The minimum atomic E-state index is -0.0874. The molecule has 1 amide bonds. The van der Waals surface area contributed by atoms with Crippen LogP contribution in [0.2, 0.25) is 0 Å². The molecule has 27 heavy (non-hydrogen) atoms. The van der Waals surface area contributed by atoms with Crippen molar-refractivity contribution in [2.24, 2.45) is 5.92 Å². The second-order valence-electron chi connectivity index (χ2n) is 6.86. The van der Waals surface area contributed by atoms with Gasteiger partial charge in [-0.25, -0.2) is 4.98 Å². The molecule has 3 aromatic rings. The molecule has 1 aromatic heterocycles. The van der Waals surface area contributed by atoms with E-state index in [0.717, 1.165) is 31.5 Å². The number of carbonyl (C=O) groups is 1. The van der Waals surface area contributed by atoms with Gasteiger partial charge in [0, 0.05) is 17.7 Å². The molecule has 2 heterocycles. The predicted molar refractivity (Wildman–Crippen MR) is 105 cm³/mol. The van der Waals surface area contributed by atoms with Crippen LogP contribution in [0.3, 0.4) is 0 Å². The van der Waals surface area contributed by atoms with Crippen LogP contribution in [0.25, 0.3) is 22.8 Å². The Labute approximate surface area is 158 Å². The molecule has 5 nitrogen and oxygen atoms in total. The van der Waals surface area contributed by atoms with Crippen LogP contribution in [-0.2, 0) is 0 Å². The molecule has 1 fully saturated rings. The normalized spacial score (nSPS) is 16.8. The summed E-state index contributed by atoms with van der Waals surface area (Å²) in [6.45, 7) is 2.71. The van der Waals surface area contributed by atoms with Gasteiger partial charge in [0.15, 0.2) is 5.76 Å². The summed E-state index contributed by atoms with van der Waals surface area (Å²) in [7, 11) is 0. The van der Waals surface area contributed by atoms with Crippen LogP contribution >= 0.6 is 0 Å². The first-order chi connectivity index (χ1) is 13.3. The van der Waals surface area contributed by atoms with E-state index in [1.165, 1.54) is 0 Å². The van der Waals surface area contributed by atoms with Crippen LogP contribution in [0.4, 0.5) is 0 Å². The summed E-state index contributed by atoms with van der Waals surface area (Å²) in [4.78, 5) is 17.2. The Kier molecular flexibility index (Phi) is 5.30. The van der Waals surface area contributed by atoms with E-state index in [2.05, 4.69) is 15.6 Å². The van der Waals surface area contributed by atoms with Gasteiger partial charge in [-0.15, -0.1) is 0 Å². The molecule has 0 saturated carbocycles. The van der Waals surface area contributed by atoms with Gasteiger partial charge in [-0.05, 0) is 44.0 Å². The fourth-order valence-corrected chi connectivity index (χ4v) is 3.43. The van der Waals surface area contributed by atoms with Gasteiger partial charge in [-0.3, -0.25) is 4.79 Å². The SMILES string of the molecule is O=C(NCC1CCCNC1)c1ccccc1-c1ncc(-c2ccccc2)o1. The third-order valence-corrected chi connectivity index (χ3v) is 4.92. The Balaban J connectivity index is 1.52. The molecule has 0 spiro atoms. The largest absolute Gasteiger partial charge is 0.436 e. The molecule has 5 heteroatoms. The first kappa shape index (κ1) is 17.5.